The fourth-order valence-corrected chi connectivity index (χ4v) is 1.83. The third-order valence-electron chi connectivity index (χ3n) is 2.72. The van der Waals surface area contributed by atoms with E-state index in [2.05, 4.69) is 4.98 Å². The quantitative estimate of drug-likeness (QED) is 0.910. The molecule has 96 valence electrons. The van der Waals surface area contributed by atoms with Gasteiger partial charge in [-0.1, -0.05) is 0 Å². The Balaban J connectivity index is 2.35. The van der Waals surface area contributed by atoms with Crippen LogP contribution in [0.1, 0.15) is 25.1 Å². The first kappa shape index (κ1) is 12.7. The lowest BCUT2D eigenvalue weighted by Gasteiger charge is -2.20. The summed E-state index contributed by atoms with van der Waals surface area (Å²) >= 11 is 0. The van der Waals surface area contributed by atoms with E-state index in [0.717, 1.165) is 17.8 Å². The van der Waals surface area contributed by atoms with Gasteiger partial charge in [0.25, 0.3) is 0 Å². The second-order valence-electron chi connectivity index (χ2n) is 4.86. The molecule has 5 heteroatoms. The first-order valence-electron chi connectivity index (χ1n) is 5.61. The van der Waals surface area contributed by atoms with E-state index in [1.54, 1.807) is 17.1 Å². The molecule has 0 amide bonds. The van der Waals surface area contributed by atoms with Gasteiger partial charge in [-0.3, -0.25) is 0 Å². The smallest absolute Gasteiger partial charge is 0.128 e. The number of nitrogens with zero attached hydrogens (tertiary/aromatic N) is 2. The Kier molecular flexibility index (Phi) is 3.17. The Morgan fingerprint density at radius 2 is 2.06 bits per heavy atom. The number of nitrogens with two attached hydrogens (primary N) is 1. The van der Waals surface area contributed by atoms with Gasteiger partial charge in [-0.25, -0.2) is 13.8 Å². The first-order chi connectivity index (χ1) is 8.38. The average Bonchev–Trinajstić information content (AvgIpc) is 2.71. The summed E-state index contributed by atoms with van der Waals surface area (Å²) in [6.45, 7) is 3.88. The molecule has 0 aliphatic heterocycles. The molecular formula is C13H15F2N3. The molecule has 1 heterocycles. The number of aromatic nitrogens is 2. The number of imidazole rings is 1. The molecule has 0 saturated carbocycles. The molecule has 2 N–H and O–H groups in total. The molecule has 0 saturated heterocycles. The third-order valence-corrected chi connectivity index (χ3v) is 2.72. The molecule has 1 aromatic heterocycles. The summed E-state index contributed by atoms with van der Waals surface area (Å²) in [7, 11) is 0. The number of hydrogen-bond acceptors (Lipinski definition) is 2. The number of halogens is 2. The lowest BCUT2D eigenvalue weighted by atomic mass is 10.0. The predicted molar refractivity (Wildman–Crippen MR) is 64.9 cm³/mol. The van der Waals surface area contributed by atoms with E-state index in [0.29, 0.717) is 0 Å². The standard InChI is InChI=1S/C13H15F2N3/c1-13(2,16)12-6-17-8-18(12)7-9-5-10(14)3-4-11(9)15/h3-6,8H,7,16H2,1-2H3. The summed E-state index contributed by atoms with van der Waals surface area (Å²) in [6, 6.07) is 3.40. The number of hydrogen-bond donors (Lipinski definition) is 1. The molecule has 0 fully saturated rings. The molecule has 0 aliphatic carbocycles. The van der Waals surface area contributed by atoms with Crippen LogP contribution in [-0.4, -0.2) is 9.55 Å². The molecule has 0 unspecified atom stereocenters. The first-order valence-corrected chi connectivity index (χ1v) is 5.61. The van der Waals surface area contributed by atoms with Crippen molar-refractivity contribution in [2.24, 2.45) is 5.73 Å². The van der Waals surface area contributed by atoms with Gasteiger partial charge in [-0.2, -0.15) is 0 Å². The van der Waals surface area contributed by atoms with E-state index in [9.17, 15) is 8.78 Å². The molecule has 0 atom stereocenters. The summed E-state index contributed by atoms with van der Waals surface area (Å²) < 4.78 is 28.4. The van der Waals surface area contributed by atoms with Crippen molar-refractivity contribution < 1.29 is 8.78 Å². The van der Waals surface area contributed by atoms with Crippen LogP contribution in [0.4, 0.5) is 8.78 Å². The zero-order valence-corrected chi connectivity index (χ0v) is 10.3. The van der Waals surface area contributed by atoms with Crippen molar-refractivity contribution in [3.8, 4) is 0 Å². The molecule has 0 bridgehead atoms. The summed E-state index contributed by atoms with van der Waals surface area (Å²) in [6.07, 6.45) is 3.20. The van der Waals surface area contributed by atoms with Crippen LogP contribution in [0.2, 0.25) is 0 Å². The monoisotopic (exact) mass is 251 g/mol. The van der Waals surface area contributed by atoms with Gasteiger partial charge in [0.05, 0.1) is 24.1 Å². The van der Waals surface area contributed by atoms with Crippen LogP contribution < -0.4 is 5.73 Å². The fraction of sp³-hybridized carbons (Fsp3) is 0.308. The average molecular weight is 251 g/mol. The van der Waals surface area contributed by atoms with Gasteiger partial charge in [0, 0.05) is 11.8 Å². The Labute approximate surface area is 104 Å². The van der Waals surface area contributed by atoms with E-state index in [-0.39, 0.29) is 12.1 Å². The largest absolute Gasteiger partial charge is 0.328 e. The summed E-state index contributed by atoms with van der Waals surface area (Å²) in [5.41, 5.74) is 6.46. The third kappa shape index (κ3) is 2.56. The Morgan fingerprint density at radius 1 is 1.33 bits per heavy atom. The van der Waals surface area contributed by atoms with Gasteiger partial charge in [-0.05, 0) is 32.0 Å². The molecule has 0 aliphatic rings. The maximum absolute atomic E-state index is 13.6. The van der Waals surface area contributed by atoms with Crippen molar-refractivity contribution in [2.45, 2.75) is 25.9 Å². The summed E-state index contributed by atoms with van der Waals surface area (Å²) in [4.78, 5) is 4.00. The van der Waals surface area contributed by atoms with Gasteiger partial charge in [0.15, 0.2) is 0 Å². The van der Waals surface area contributed by atoms with Crippen molar-refractivity contribution in [2.75, 3.05) is 0 Å². The second kappa shape index (κ2) is 4.49. The SMILES string of the molecule is CC(C)(N)c1cncn1Cc1cc(F)ccc1F. The molecule has 18 heavy (non-hydrogen) atoms. The normalized spacial score (nSPS) is 11.8. The van der Waals surface area contributed by atoms with Crippen LogP contribution in [0.5, 0.6) is 0 Å². The topological polar surface area (TPSA) is 43.8 Å². The molecule has 3 nitrogen and oxygen atoms in total. The zero-order chi connectivity index (χ0) is 13.3. The predicted octanol–water partition coefficient (Wildman–Crippen LogP) is 2.40. The van der Waals surface area contributed by atoms with E-state index in [1.165, 1.54) is 6.07 Å². The van der Waals surface area contributed by atoms with Crippen LogP contribution in [-0.2, 0) is 12.1 Å². The van der Waals surface area contributed by atoms with Crippen LogP contribution in [0, 0.1) is 11.6 Å². The van der Waals surface area contributed by atoms with Crippen molar-refractivity contribution in [3.05, 3.63) is 53.6 Å². The highest BCUT2D eigenvalue weighted by molar-refractivity contribution is 5.21. The molecule has 0 radical (unpaired) electrons. The van der Waals surface area contributed by atoms with E-state index < -0.39 is 17.2 Å². The maximum Gasteiger partial charge on any atom is 0.128 e. The minimum Gasteiger partial charge on any atom is -0.328 e. The van der Waals surface area contributed by atoms with Crippen molar-refractivity contribution in [3.63, 3.8) is 0 Å². The zero-order valence-electron chi connectivity index (χ0n) is 10.3. The van der Waals surface area contributed by atoms with Gasteiger partial charge < -0.3 is 10.3 Å². The van der Waals surface area contributed by atoms with Crippen molar-refractivity contribution in [1.82, 2.24) is 9.55 Å². The van der Waals surface area contributed by atoms with Crippen LogP contribution in [0.3, 0.4) is 0 Å². The fourth-order valence-electron chi connectivity index (χ4n) is 1.83. The lowest BCUT2D eigenvalue weighted by molar-refractivity contribution is 0.497. The van der Waals surface area contributed by atoms with E-state index in [1.807, 2.05) is 13.8 Å². The number of benzene rings is 1. The highest BCUT2D eigenvalue weighted by Gasteiger charge is 2.19. The summed E-state index contributed by atoms with van der Waals surface area (Å²) in [5, 5.41) is 0. The minimum atomic E-state index is -0.583. The lowest BCUT2D eigenvalue weighted by Crippen LogP contribution is -2.31. The molecule has 1 aromatic carbocycles. The van der Waals surface area contributed by atoms with Crippen LogP contribution in [0.25, 0.3) is 0 Å². The maximum atomic E-state index is 13.6. The Bertz CT molecular complexity index is 556. The highest BCUT2D eigenvalue weighted by atomic mass is 19.1. The van der Waals surface area contributed by atoms with Gasteiger partial charge in [0.2, 0.25) is 0 Å². The molecule has 0 spiro atoms. The summed E-state index contributed by atoms with van der Waals surface area (Å²) in [5.74, 6) is -0.897. The van der Waals surface area contributed by atoms with Crippen molar-refractivity contribution >= 4 is 0 Å². The molecule has 2 aromatic rings. The minimum absolute atomic E-state index is 0.208. The van der Waals surface area contributed by atoms with Gasteiger partial charge in [0.1, 0.15) is 11.6 Å². The second-order valence-corrected chi connectivity index (χ2v) is 4.86. The van der Waals surface area contributed by atoms with Gasteiger partial charge >= 0.3 is 0 Å². The molecule has 2 rings (SSSR count). The molecular weight excluding hydrogens is 236 g/mol. The van der Waals surface area contributed by atoms with Gasteiger partial charge in [-0.15, -0.1) is 0 Å². The van der Waals surface area contributed by atoms with E-state index in [4.69, 9.17) is 5.73 Å². The van der Waals surface area contributed by atoms with Crippen LogP contribution >= 0.6 is 0 Å². The Morgan fingerprint density at radius 3 is 2.72 bits per heavy atom. The van der Waals surface area contributed by atoms with Crippen LogP contribution in [0.15, 0.2) is 30.7 Å². The Hall–Kier alpha value is -1.75. The number of rotatable bonds is 3. The van der Waals surface area contributed by atoms with E-state index >= 15 is 0 Å². The highest BCUT2D eigenvalue weighted by Crippen LogP contribution is 2.19. The van der Waals surface area contributed by atoms with Crippen molar-refractivity contribution in [1.29, 1.82) is 0 Å².